The number of amides is 1. The first kappa shape index (κ1) is 8.29. The molecule has 0 aromatic carbocycles. The van der Waals surface area contributed by atoms with E-state index in [0.717, 1.165) is 17.7 Å². The van der Waals surface area contributed by atoms with Crippen LogP contribution in [0.3, 0.4) is 0 Å². The van der Waals surface area contributed by atoms with E-state index in [4.69, 9.17) is 0 Å². The summed E-state index contributed by atoms with van der Waals surface area (Å²) in [6.45, 7) is 4.71. The van der Waals surface area contributed by atoms with Crippen molar-refractivity contribution in [1.82, 2.24) is 15.1 Å². The van der Waals surface area contributed by atoms with Crippen molar-refractivity contribution in [2.24, 2.45) is 0 Å². The third kappa shape index (κ3) is 1.13. The first-order chi connectivity index (χ1) is 6.24. The summed E-state index contributed by atoms with van der Waals surface area (Å²) in [5.41, 5.74) is 1.67. The Morgan fingerprint density at radius 2 is 2.54 bits per heavy atom. The van der Waals surface area contributed by atoms with Crippen molar-refractivity contribution in [2.45, 2.75) is 26.3 Å². The van der Waals surface area contributed by atoms with Gasteiger partial charge in [0.15, 0.2) is 0 Å². The van der Waals surface area contributed by atoms with Gasteiger partial charge < -0.3 is 5.32 Å². The minimum Gasteiger partial charge on any atom is -0.349 e. The number of aryl methyl sites for hydroxylation is 1. The number of hydrogen-bond acceptors (Lipinski definition) is 2. The molecule has 4 heteroatoms. The number of rotatable bonds is 1. The molecule has 1 unspecified atom stereocenters. The second-order valence-electron chi connectivity index (χ2n) is 3.39. The van der Waals surface area contributed by atoms with E-state index in [2.05, 4.69) is 17.3 Å². The molecule has 0 saturated heterocycles. The fraction of sp³-hybridized carbons (Fsp3) is 0.556. The van der Waals surface area contributed by atoms with Gasteiger partial charge in [0, 0.05) is 6.54 Å². The maximum atomic E-state index is 11.5. The summed E-state index contributed by atoms with van der Waals surface area (Å²) in [5, 5.41) is 7.08. The standard InChI is InChI=1S/C9H13N3O/c1-3-7-5-10-9(13)8-6(2)4-11-12(7)8/h4,7H,3,5H2,1-2H3,(H,10,13). The lowest BCUT2D eigenvalue weighted by molar-refractivity contribution is 0.0907. The minimum absolute atomic E-state index is 0.000278. The number of aromatic nitrogens is 2. The molecule has 4 nitrogen and oxygen atoms in total. The third-order valence-corrected chi connectivity index (χ3v) is 2.51. The number of nitrogens with one attached hydrogen (secondary N) is 1. The van der Waals surface area contributed by atoms with E-state index in [9.17, 15) is 4.79 Å². The molecule has 70 valence electrons. The lowest BCUT2D eigenvalue weighted by Gasteiger charge is -2.24. The molecule has 0 bridgehead atoms. The molecule has 1 aromatic rings. The fourth-order valence-electron chi connectivity index (χ4n) is 1.71. The smallest absolute Gasteiger partial charge is 0.269 e. The monoisotopic (exact) mass is 179 g/mol. The number of nitrogens with zero attached hydrogens (tertiary/aromatic N) is 2. The van der Waals surface area contributed by atoms with Crippen molar-refractivity contribution in [3.05, 3.63) is 17.5 Å². The van der Waals surface area contributed by atoms with Gasteiger partial charge in [-0.1, -0.05) is 6.92 Å². The third-order valence-electron chi connectivity index (χ3n) is 2.51. The van der Waals surface area contributed by atoms with Crippen LogP contribution >= 0.6 is 0 Å². The van der Waals surface area contributed by atoms with E-state index in [-0.39, 0.29) is 5.91 Å². The summed E-state index contributed by atoms with van der Waals surface area (Å²) in [5.74, 6) is -0.000278. The van der Waals surface area contributed by atoms with Crippen molar-refractivity contribution < 1.29 is 4.79 Å². The van der Waals surface area contributed by atoms with Crippen LogP contribution in [0.4, 0.5) is 0 Å². The molecule has 2 heterocycles. The molecule has 1 aliphatic rings. The van der Waals surface area contributed by atoms with Crippen LogP contribution in [-0.2, 0) is 0 Å². The van der Waals surface area contributed by atoms with E-state index in [0.29, 0.717) is 12.6 Å². The van der Waals surface area contributed by atoms with Gasteiger partial charge in [-0.2, -0.15) is 5.10 Å². The summed E-state index contributed by atoms with van der Waals surface area (Å²) in [6.07, 6.45) is 2.75. The number of fused-ring (bicyclic) bond motifs is 1. The molecule has 1 aliphatic heterocycles. The average molecular weight is 179 g/mol. The average Bonchev–Trinajstić information content (AvgIpc) is 2.50. The van der Waals surface area contributed by atoms with Gasteiger partial charge in [0.2, 0.25) is 0 Å². The normalized spacial score (nSPS) is 21.1. The Morgan fingerprint density at radius 1 is 1.77 bits per heavy atom. The molecule has 0 radical (unpaired) electrons. The molecular weight excluding hydrogens is 166 g/mol. The van der Waals surface area contributed by atoms with Crippen LogP contribution in [0.15, 0.2) is 6.20 Å². The Balaban J connectivity index is 2.50. The van der Waals surface area contributed by atoms with Crippen LogP contribution in [0.5, 0.6) is 0 Å². The second kappa shape index (κ2) is 2.87. The molecule has 1 atom stereocenters. The van der Waals surface area contributed by atoms with Crippen LogP contribution < -0.4 is 5.32 Å². The van der Waals surface area contributed by atoms with Gasteiger partial charge in [-0.15, -0.1) is 0 Å². The highest BCUT2D eigenvalue weighted by Crippen LogP contribution is 2.19. The predicted octanol–water partition coefficient (Wildman–Crippen LogP) is 0.886. The summed E-state index contributed by atoms with van der Waals surface area (Å²) < 4.78 is 1.84. The van der Waals surface area contributed by atoms with E-state index in [1.807, 2.05) is 11.6 Å². The first-order valence-corrected chi connectivity index (χ1v) is 4.56. The van der Waals surface area contributed by atoms with Crippen LogP contribution in [0.1, 0.15) is 35.4 Å². The summed E-state index contributed by atoms with van der Waals surface area (Å²) in [6, 6.07) is 0.321. The summed E-state index contributed by atoms with van der Waals surface area (Å²) in [7, 11) is 0. The van der Waals surface area contributed by atoms with Gasteiger partial charge in [-0.25, -0.2) is 0 Å². The Kier molecular flexibility index (Phi) is 1.83. The quantitative estimate of drug-likeness (QED) is 0.695. The van der Waals surface area contributed by atoms with Crippen molar-refractivity contribution in [1.29, 1.82) is 0 Å². The zero-order valence-electron chi connectivity index (χ0n) is 7.87. The Hall–Kier alpha value is -1.32. The van der Waals surface area contributed by atoms with E-state index in [1.165, 1.54) is 0 Å². The molecular formula is C9H13N3O. The van der Waals surface area contributed by atoms with Gasteiger partial charge in [-0.3, -0.25) is 9.48 Å². The molecule has 0 saturated carbocycles. The zero-order chi connectivity index (χ0) is 9.42. The van der Waals surface area contributed by atoms with Crippen molar-refractivity contribution in [3.8, 4) is 0 Å². The first-order valence-electron chi connectivity index (χ1n) is 4.56. The number of carbonyl (C=O) groups is 1. The van der Waals surface area contributed by atoms with Gasteiger partial charge in [0.25, 0.3) is 5.91 Å². The predicted molar refractivity (Wildman–Crippen MR) is 48.6 cm³/mol. The van der Waals surface area contributed by atoms with Crippen LogP contribution in [0.25, 0.3) is 0 Å². The molecule has 1 N–H and O–H groups in total. The van der Waals surface area contributed by atoms with Crippen LogP contribution in [0, 0.1) is 6.92 Å². The van der Waals surface area contributed by atoms with E-state index >= 15 is 0 Å². The molecule has 0 spiro atoms. The highest BCUT2D eigenvalue weighted by atomic mass is 16.2. The van der Waals surface area contributed by atoms with Gasteiger partial charge in [0.05, 0.1) is 12.2 Å². The summed E-state index contributed by atoms with van der Waals surface area (Å²) >= 11 is 0. The highest BCUT2D eigenvalue weighted by Gasteiger charge is 2.25. The molecule has 0 fully saturated rings. The molecule has 13 heavy (non-hydrogen) atoms. The zero-order valence-corrected chi connectivity index (χ0v) is 7.87. The van der Waals surface area contributed by atoms with Crippen LogP contribution in [0.2, 0.25) is 0 Å². The molecule has 1 aromatic heterocycles. The maximum absolute atomic E-state index is 11.5. The Morgan fingerprint density at radius 3 is 3.23 bits per heavy atom. The number of hydrogen-bond donors (Lipinski definition) is 1. The van der Waals surface area contributed by atoms with E-state index < -0.39 is 0 Å². The Bertz CT molecular complexity index is 343. The maximum Gasteiger partial charge on any atom is 0.269 e. The molecule has 1 amide bonds. The lowest BCUT2D eigenvalue weighted by Crippen LogP contribution is -2.39. The topological polar surface area (TPSA) is 46.9 Å². The van der Waals surface area contributed by atoms with Crippen molar-refractivity contribution in [2.75, 3.05) is 6.54 Å². The second-order valence-corrected chi connectivity index (χ2v) is 3.39. The fourth-order valence-corrected chi connectivity index (χ4v) is 1.71. The number of carbonyl (C=O) groups excluding carboxylic acids is 1. The Labute approximate surface area is 76.9 Å². The van der Waals surface area contributed by atoms with Crippen LogP contribution in [-0.4, -0.2) is 22.2 Å². The largest absolute Gasteiger partial charge is 0.349 e. The SMILES string of the molecule is CCC1CNC(=O)c2c(C)cnn21. The van der Waals surface area contributed by atoms with Gasteiger partial charge >= 0.3 is 0 Å². The van der Waals surface area contributed by atoms with Crippen molar-refractivity contribution >= 4 is 5.91 Å². The van der Waals surface area contributed by atoms with Crippen molar-refractivity contribution in [3.63, 3.8) is 0 Å². The minimum atomic E-state index is -0.000278. The summed E-state index contributed by atoms with van der Waals surface area (Å²) in [4.78, 5) is 11.5. The van der Waals surface area contributed by atoms with Gasteiger partial charge in [0.1, 0.15) is 5.69 Å². The highest BCUT2D eigenvalue weighted by molar-refractivity contribution is 5.94. The van der Waals surface area contributed by atoms with E-state index in [1.54, 1.807) is 6.20 Å². The lowest BCUT2D eigenvalue weighted by atomic mass is 10.1. The molecule has 2 rings (SSSR count). The van der Waals surface area contributed by atoms with Gasteiger partial charge in [-0.05, 0) is 18.9 Å². The molecule has 0 aliphatic carbocycles.